The van der Waals surface area contributed by atoms with Crippen molar-refractivity contribution in [1.82, 2.24) is 0 Å². The first-order chi connectivity index (χ1) is 11.8. The number of carbonyl (C=O) groups is 1. The predicted molar refractivity (Wildman–Crippen MR) is 96.7 cm³/mol. The van der Waals surface area contributed by atoms with Crippen LogP contribution in [0.1, 0.15) is 55.8 Å². The van der Waals surface area contributed by atoms with Gasteiger partial charge in [-0.2, -0.15) is 0 Å². The number of benzene rings is 2. The fourth-order valence-electron chi connectivity index (χ4n) is 2.45. The predicted octanol–water partition coefficient (Wildman–Crippen LogP) is 5.65. The molecule has 0 fully saturated rings. The number of ether oxygens (including phenoxy) is 2. The van der Waals surface area contributed by atoms with Crippen LogP contribution in [-0.4, -0.2) is 12.6 Å². The Kier molecular flexibility index (Phi) is 7.88. The average Bonchev–Trinajstić information content (AvgIpc) is 2.63. The fourth-order valence-corrected chi connectivity index (χ4v) is 2.45. The molecule has 2 aromatic rings. The monoisotopic (exact) mass is 326 g/mol. The molecule has 0 N–H and O–H groups in total. The van der Waals surface area contributed by atoms with Gasteiger partial charge in [0.25, 0.3) is 0 Å². The van der Waals surface area contributed by atoms with Gasteiger partial charge in [-0.1, -0.05) is 69.4 Å². The molecular formula is C21H26O3. The number of para-hydroxylation sites is 2. The average molecular weight is 326 g/mol. The van der Waals surface area contributed by atoms with Crippen molar-refractivity contribution < 1.29 is 14.3 Å². The van der Waals surface area contributed by atoms with Crippen molar-refractivity contribution in [2.24, 2.45) is 0 Å². The molecule has 3 heteroatoms. The van der Waals surface area contributed by atoms with E-state index in [1.165, 1.54) is 32.1 Å². The molecule has 0 bridgehead atoms. The van der Waals surface area contributed by atoms with Crippen molar-refractivity contribution in [1.29, 1.82) is 0 Å². The van der Waals surface area contributed by atoms with Gasteiger partial charge >= 0.3 is 5.97 Å². The summed E-state index contributed by atoms with van der Waals surface area (Å²) in [6, 6.07) is 16.3. The Balaban J connectivity index is 1.83. The molecule has 128 valence electrons. The van der Waals surface area contributed by atoms with Crippen LogP contribution in [0.5, 0.6) is 11.5 Å². The Morgan fingerprint density at radius 3 is 2.17 bits per heavy atom. The van der Waals surface area contributed by atoms with Crippen LogP contribution in [0.2, 0.25) is 0 Å². The first-order valence-electron chi connectivity index (χ1n) is 8.80. The van der Waals surface area contributed by atoms with Crippen LogP contribution >= 0.6 is 0 Å². The SMILES string of the molecule is CCCCCCCCOc1ccccc1OC(=O)c1ccccc1. The Morgan fingerprint density at radius 1 is 0.792 bits per heavy atom. The van der Waals surface area contributed by atoms with Gasteiger partial charge in [-0.3, -0.25) is 0 Å². The molecule has 0 radical (unpaired) electrons. The Hall–Kier alpha value is -2.29. The Bertz CT molecular complexity index is 607. The van der Waals surface area contributed by atoms with Gasteiger partial charge in [0.15, 0.2) is 11.5 Å². The van der Waals surface area contributed by atoms with E-state index in [4.69, 9.17) is 9.47 Å². The van der Waals surface area contributed by atoms with Crippen LogP contribution in [0.25, 0.3) is 0 Å². The summed E-state index contributed by atoms with van der Waals surface area (Å²) in [5, 5.41) is 0. The smallest absolute Gasteiger partial charge is 0.343 e. The molecule has 0 aliphatic carbocycles. The maximum Gasteiger partial charge on any atom is 0.343 e. The van der Waals surface area contributed by atoms with Crippen LogP contribution in [0.15, 0.2) is 54.6 Å². The normalized spacial score (nSPS) is 10.4. The zero-order chi connectivity index (χ0) is 17.0. The standard InChI is InChI=1S/C21H26O3/c1-2-3-4-5-6-12-17-23-19-15-10-11-16-20(19)24-21(22)18-13-8-7-9-14-18/h7-11,13-16H,2-6,12,17H2,1H3. The van der Waals surface area contributed by atoms with E-state index in [-0.39, 0.29) is 5.97 Å². The largest absolute Gasteiger partial charge is 0.490 e. The molecule has 0 heterocycles. The number of carbonyl (C=O) groups excluding carboxylic acids is 1. The van der Waals surface area contributed by atoms with Gasteiger partial charge in [0, 0.05) is 0 Å². The number of hydrogen-bond donors (Lipinski definition) is 0. The summed E-state index contributed by atoms with van der Waals surface area (Å²) in [5.41, 5.74) is 0.531. The molecule has 0 saturated carbocycles. The third kappa shape index (κ3) is 6.07. The van der Waals surface area contributed by atoms with Crippen molar-refractivity contribution in [3.05, 3.63) is 60.2 Å². The van der Waals surface area contributed by atoms with Gasteiger partial charge in [0.1, 0.15) is 0 Å². The van der Waals surface area contributed by atoms with Crippen LogP contribution in [0.3, 0.4) is 0 Å². The maximum absolute atomic E-state index is 12.2. The first-order valence-corrected chi connectivity index (χ1v) is 8.80. The van der Waals surface area contributed by atoms with Gasteiger partial charge < -0.3 is 9.47 Å². The minimum atomic E-state index is -0.369. The molecular weight excluding hydrogens is 300 g/mol. The zero-order valence-corrected chi connectivity index (χ0v) is 14.4. The zero-order valence-electron chi connectivity index (χ0n) is 14.4. The second-order valence-electron chi connectivity index (χ2n) is 5.82. The van der Waals surface area contributed by atoms with Crippen LogP contribution in [-0.2, 0) is 0 Å². The highest BCUT2D eigenvalue weighted by Crippen LogP contribution is 2.27. The topological polar surface area (TPSA) is 35.5 Å². The van der Waals surface area contributed by atoms with E-state index < -0.39 is 0 Å². The van der Waals surface area contributed by atoms with Crippen molar-refractivity contribution in [2.45, 2.75) is 45.4 Å². The van der Waals surface area contributed by atoms with Crippen LogP contribution in [0, 0.1) is 0 Å². The van der Waals surface area contributed by atoms with E-state index in [0.717, 1.165) is 6.42 Å². The summed E-state index contributed by atoms with van der Waals surface area (Å²) in [4.78, 5) is 12.2. The van der Waals surface area contributed by atoms with Gasteiger partial charge in [-0.25, -0.2) is 4.79 Å². The number of hydrogen-bond acceptors (Lipinski definition) is 3. The van der Waals surface area contributed by atoms with Crippen molar-refractivity contribution in [2.75, 3.05) is 6.61 Å². The molecule has 0 unspecified atom stereocenters. The molecule has 0 spiro atoms. The number of esters is 1. The molecule has 2 rings (SSSR count). The first kappa shape index (κ1) is 18.1. The molecule has 0 saturated heterocycles. The minimum Gasteiger partial charge on any atom is -0.490 e. The highest BCUT2D eigenvalue weighted by Gasteiger charge is 2.11. The van der Waals surface area contributed by atoms with Crippen molar-refractivity contribution >= 4 is 5.97 Å². The van der Waals surface area contributed by atoms with E-state index in [1.807, 2.05) is 36.4 Å². The lowest BCUT2D eigenvalue weighted by Gasteiger charge is -2.11. The van der Waals surface area contributed by atoms with E-state index in [1.54, 1.807) is 18.2 Å². The van der Waals surface area contributed by atoms with Crippen molar-refractivity contribution in [3.63, 3.8) is 0 Å². The van der Waals surface area contributed by atoms with Crippen LogP contribution in [0.4, 0.5) is 0 Å². The van der Waals surface area contributed by atoms with E-state index in [9.17, 15) is 4.79 Å². The van der Waals surface area contributed by atoms with Gasteiger partial charge in [-0.05, 0) is 30.7 Å². The molecule has 24 heavy (non-hydrogen) atoms. The van der Waals surface area contributed by atoms with Gasteiger partial charge in [0.2, 0.25) is 0 Å². The molecule has 0 atom stereocenters. The highest BCUT2D eigenvalue weighted by molar-refractivity contribution is 5.91. The van der Waals surface area contributed by atoms with Crippen LogP contribution < -0.4 is 9.47 Å². The quantitative estimate of drug-likeness (QED) is 0.322. The summed E-state index contributed by atoms with van der Waals surface area (Å²) < 4.78 is 11.3. The molecule has 0 aliphatic rings. The third-order valence-electron chi connectivity index (χ3n) is 3.82. The number of rotatable bonds is 10. The summed E-state index contributed by atoms with van der Waals surface area (Å²) in [6.07, 6.45) is 7.30. The van der Waals surface area contributed by atoms with E-state index >= 15 is 0 Å². The fraction of sp³-hybridized carbons (Fsp3) is 0.381. The lowest BCUT2D eigenvalue weighted by molar-refractivity contribution is 0.0728. The molecule has 3 nitrogen and oxygen atoms in total. The lowest BCUT2D eigenvalue weighted by atomic mass is 10.1. The molecule has 0 aromatic heterocycles. The Morgan fingerprint density at radius 2 is 1.42 bits per heavy atom. The third-order valence-corrected chi connectivity index (χ3v) is 3.82. The molecule has 2 aromatic carbocycles. The summed E-state index contributed by atoms with van der Waals surface area (Å²) in [7, 11) is 0. The lowest BCUT2D eigenvalue weighted by Crippen LogP contribution is -2.09. The summed E-state index contributed by atoms with van der Waals surface area (Å²) >= 11 is 0. The highest BCUT2D eigenvalue weighted by atomic mass is 16.6. The summed E-state index contributed by atoms with van der Waals surface area (Å²) in [5.74, 6) is 0.721. The second kappa shape index (κ2) is 10.5. The second-order valence-corrected chi connectivity index (χ2v) is 5.82. The van der Waals surface area contributed by atoms with Gasteiger partial charge in [-0.15, -0.1) is 0 Å². The molecule has 0 amide bonds. The Labute approximate surface area is 144 Å². The minimum absolute atomic E-state index is 0.369. The van der Waals surface area contributed by atoms with E-state index in [0.29, 0.717) is 23.7 Å². The van der Waals surface area contributed by atoms with Gasteiger partial charge in [0.05, 0.1) is 12.2 Å². The molecule has 0 aliphatic heterocycles. The maximum atomic E-state index is 12.2. The summed E-state index contributed by atoms with van der Waals surface area (Å²) in [6.45, 7) is 2.86. The van der Waals surface area contributed by atoms with E-state index in [2.05, 4.69) is 6.92 Å². The van der Waals surface area contributed by atoms with Crippen molar-refractivity contribution in [3.8, 4) is 11.5 Å². The number of unbranched alkanes of at least 4 members (excludes halogenated alkanes) is 5.